The Kier molecular flexibility index (Phi) is 3.41. The fourth-order valence-corrected chi connectivity index (χ4v) is 3.14. The monoisotopic (exact) mass is 288 g/mol. The molecule has 3 rings (SSSR count). The van der Waals surface area contributed by atoms with Crippen molar-refractivity contribution in [2.24, 2.45) is 5.73 Å². The van der Waals surface area contributed by atoms with E-state index in [2.05, 4.69) is 15.5 Å². The van der Waals surface area contributed by atoms with Crippen LogP contribution in [0.15, 0.2) is 10.6 Å². The summed E-state index contributed by atoms with van der Waals surface area (Å²) in [5.74, 6) is -0.121. The Morgan fingerprint density at radius 3 is 2.81 bits per heavy atom. The lowest BCUT2D eigenvalue weighted by Gasteiger charge is -2.28. The highest BCUT2D eigenvalue weighted by atomic mass is 16.5. The van der Waals surface area contributed by atoms with Crippen molar-refractivity contribution in [1.29, 1.82) is 0 Å². The summed E-state index contributed by atoms with van der Waals surface area (Å²) in [6.07, 6.45) is 4.08. The molecule has 6 nitrogen and oxygen atoms in total. The van der Waals surface area contributed by atoms with Crippen LogP contribution in [0.3, 0.4) is 0 Å². The number of carbonyl (C=O) groups excluding carboxylic acids is 1. The van der Waals surface area contributed by atoms with Crippen molar-refractivity contribution >= 4 is 17.0 Å². The van der Waals surface area contributed by atoms with Crippen molar-refractivity contribution in [3.05, 3.63) is 23.0 Å². The van der Waals surface area contributed by atoms with Gasteiger partial charge in [-0.15, -0.1) is 0 Å². The summed E-state index contributed by atoms with van der Waals surface area (Å²) in [5.41, 5.74) is 8.00. The standard InChI is InChI=1S/C15H20N4O2/c1-9-7-11(12-10(2)19-21-14(12)17-9)13(20)18-15(8-16)5-3-4-6-15/h7H,3-6,8,16H2,1-2H3,(H,18,20). The summed E-state index contributed by atoms with van der Waals surface area (Å²) in [4.78, 5) is 17.0. The van der Waals surface area contributed by atoms with Crippen LogP contribution in [-0.4, -0.2) is 28.1 Å². The molecule has 0 aliphatic heterocycles. The first kappa shape index (κ1) is 14.0. The summed E-state index contributed by atoms with van der Waals surface area (Å²) in [7, 11) is 0. The van der Waals surface area contributed by atoms with Gasteiger partial charge in [0.2, 0.25) is 0 Å². The second-order valence-corrected chi connectivity index (χ2v) is 5.91. The van der Waals surface area contributed by atoms with Gasteiger partial charge in [0.15, 0.2) is 0 Å². The molecule has 21 heavy (non-hydrogen) atoms. The molecule has 2 aromatic heterocycles. The number of nitrogens with zero attached hydrogens (tertiary/aromatic N) is 2. The van der Waals surface area contributed by atoms with Crippen molar-refractivity contribution in [3.63, 3.8) is 0 Å². The van der Waals surface area contributed by atoms with Gasteiger partial charge in [0.05, 0.1) is 22.2 Å². The van der Waals surface area contributed by atoms with Gasteiger partial charge < -0.3 is 15.6 Å². The number of hydrogen-bond acceptors (Lipinski definition) is 5. The minimum absolute atomic E-state index is 0.121. The first-order valence-electron chi connectivity index (χ1n) is 7.31. The first-order valence-corrected chi connectivity index (χ1v) is 7.31. The smallest absolute Gasteiger partial charge is 0.258 e. The van der Waals surface area contributed by atoms with Crippen molar-refractivity contribution in [1.82, 2.24) is 15.5 Å². The predicted octanol–water partition coefficient (Wildman–Crippen LogP) is 1.84. The first-order chi connectivity index (χ1) is 10.0. The number of aryl methyl sites for hydroxylation is 2. The zero-order chi connectivity index (χ0) is 15.0. The van der Waals surface area contributed by atoms with Crippen LogP contribution in [0.2, 0.25) is 0 Å². The van der Waals surface area contributed by atoms with Gasteiger partial charge >= 0.3 is 0 Å². The highest BCUT2D eigenvalue weighted by Gasteiger charge is 2.34. The molecule has 0 saturated heterocycles. The Morgan fingerprint density at radius 1 is 1.43 bits per heavy atom. The van der Waals surface area contributed by atoms with E-state index in [1.165, 1.54) is 0 Å². The molecule has 0 radical (unpaired) electrons. The lowest BCUT2D eigenvalue weighted by molar-refractivity contribution is 0.0904. The average Bonchev–Trinajstić information content (AvgIpc) is 3.06. The molecule has 0 unspecified atom stereocenters. The summed E-state index contributed by atoms with van der Waals surface area (Å²) in [6, 6.07) is 1.78. The lowest BCUT2D eigenvalue weighted by atomic mass is 9.96. The Morgan fingerprint density at radius 2 is 2.14 bits per heavy atom. The quantitative estimate of drug-likeness (QED) is 0.898. The van der Waals surface area contributed by atoms with Crippen LogP contribution in [-0.2, 0) is 0 Å². The van der Waals surface area contributed by atoms with Gasteiger partial charge in [0.1, 0.15) is 0 Å². The third-order valence-electron chi connectivity index (χ3n) is 4.32. The minimum Gasteiger partial charge on any atom is -0.345 e. The number of aromatic nitrogens is 2. The summed E-state index contributed by atoms with van der Waals surface area (Å²) in [5, 5.41) is 7.72. The molecule has 2 aromatic rings. The Balaban J connectivity index is 1.99. The number of carbonyl (C=O) groups is 1. The number of fused-ring (bicyclic) bond motifs is 1. The molecule has 0 bridgehead atoms. The van der Waals surface area contributed by atoms with E-state index < -0.39 is 0 Å². The molecule has 1 aliphatic rings. The second kappa shape index (κ2) is 5.11. The average molecular weight is 288 g/mol. The number of hydrogen-bond donors (Lipinski definition) is 2. The fraction of sp³-hybridized carbons (Fsp3) is 0.533. The van der Waals surface area contributed by atoms with Gasteiger partial charge in [-0.05, 0) is 32.8 Å². The van der Waals surface area contributed by atoms with E-state index in [1.807, 2.05) is 13.8 Å². The van der Waals surface area contributed by atoms with Crippen molar-refractivity contribution in [2.75, 3.05) is 6.54 Å². The number of rotatable bonds is 3. The number of amides is 1. The summed E-state index contributed by atoms with van der Waals surface area (Å²) in [6.45, 7) is 4.12. The topological polar surface area (TPSA) is 94.0 Å². The molecule has 112 valence electrons. The molecule has 0 aromatic carbocycles. The maximum Gasteiger partial charge on any atom is 0.258 e. The third-order valence-corrected chi connectivity index (χ3v) is 4.32. The second-order valence-electron chi connectivity index (χ2n) is 5.91. The SMILES string of the molecule is Cc1cc(C(=O)NC2(CN)CCCC2)c2c(C)noc2n1. The van der Waals surface area contributed by atoms with E-state index in [4.69, 9.17) is 10.3 Å². The van der Waals surface area contributed by atoms with Crippen molar-refractivity contribution in [2.45, 2.75) is 45.1 Å². The van der Waals surface area contributed by atoms with Gasteiger partial charge in [0.25, 0.3) is 11.6 Å². The fourth-order valence-electron chi connectivity index (χ4n) is 3.14. The molecular weight excluding hydrogens is 268 g/mol. The molecule has 2 heterocycles. The molecule has 1 aliphatic carbocycles. The maximum absolute atomic E-state index is 12.7. The molecule has 0 atom stereocenters. The molecule has 3 N–H and O–H groups in total. The van der Waals surface area contributed by atoms with Crippen molar-refractivity contribution < 1.29 is 9.32 Å². The minimum atomic E-state index is -0.272. The molecular formula is C15H20N4O2. The Bertz CT molecular complexity index is 686. The zero-order valence-electron chi connectivity index (χ0n) is 12.4. The highest BCUT2D eigenvalue weighted by molar-refractivity contribution is 6.06. The van der Waals surface area contributed by atoms with Crippen LogP contribution >= 0.6 is 0 Å². The predicted molar refractivity (Wildman–Crippen MR) is 79.0 cm³/mol. The molecule has 1 saturated carbocycles. The number of nitrogens with one attached hydrogen (secondary N) is 1. The molecule has 6 heteroatoms. The van der Waals surface area contributed by atoms with Gasteiger partial charge in [-0.2, -0.15) is 0 Å². The van der Waals surface area contributed by atoms with Crippen molar-refractivity contribution in [3.8, 4) is 0 Å². The third kappa shape index (κ3) is 2.40. The van der Waals surface area contributed by atoms with Crippen LogP contribution in [0.4, 0.5) is 0 Å². The normalized spacial score (nSPS) is 17.3. The highest BCUT2D eigenvalue weighted by Crippen LogP contribution is 2.30. The van der Waals surface area contributed by atoms with Crippen LogP contribution in [0, 0.1) is 13.8 Å². The van der Waals surface area contributed by atoms with Crippen LogP contribution in [0.5, 0.6) is 0 Å². The summed E-state index contributed by atoms with van der Waals surface area (Å²) >= 11 is 0. The van der Waals surface area contributed by atoms with Gasteiger partial charge in [-0.25, -0.2) is 4.98 Å². The number of nitrogens with two attached hydrogens (primary N) is 1. The van der Waals surface area contributed by atoms with Crippen LogP contribution < -0.4 is 11.1 Å². The van der Waals surface area contributed by atoms with E-state index in [9.17, 15) is 4.79 Å². The van der Waals surface area contributed by atoms with Gasteiger partial charge in [-0.1, -0.05) is 18.0 Å². The van der Waals surface area contributed by atoms with E-state index in [0.717, 1.165) is 31.4 Å². The molecule has 0 spiro atoms. The Labute approximate surface area is 123 Å². The van der Waals surface area contributed by atoms with E-state index in [-0.39, 0.29) is 11.4 Å². The summed E-state index contributed by atoms with van der Waals surface area (Å²) < 4.78 is 5.18. The lowest BCUT2D eigenvalue weighted by Crippen LogP contribution is -2.51. The van der Waals surface area contributed by atoms with E-state index in [0.29, 0.717) is 28.9 Å². The largest absolute Gasteiger partial charge is 0.345 e. The maximum atomic E-state index is 12.7. The van der Waals surface area contributed by atoms with E-state index >= 15 is 0 Å². The van der Waals surface area contributed by atoms with Gasteiger partial charge in [-0.3, -0.25) is 4.79 Å². The van der Waals surface area contributed by atoms with Crippen LogP contribution in [0.1, 0.15) is 47.4 Å². The van der Waals surface area contributed by atoms with Gasteiger partial charge in [0, 0.05) is 12.2 Å². The molecule has 1 fully saturated rings. The van der Waals surface area contributed by atoms with E-state index in [1.54, 1.807) is 6.07 Å². The number of pyridine rings is 1. The molecule has 1 amide bonds. The Hall–Kier alpha value is -1.95. The zero-order valence-corrected chi connectivity index (χ0v) is 12.4. The van der Waals surface area contributed by atoms with Crippen LogP contribution in [0.25, 0.3) is 11.1 Å².